The normalized spacial score (nSPS) is 14.5. The number of ether oxygens (including phenoxy) is 1. The van der Waals surface area contributed by atoms with Crippen molar-refractivity contribution >= 4 is 28.3 Å². The van der Waals surface area contributed by atoms with Gasteiger partial charge in [0.05, 0.1) is 24.4 Å². The second-order valence-electron chi connectivity index (χ2n) is 5.70. The third kappa shape index (κ3) is 3.27. The molecule has 1 amide bonds. The Balaban J connectivity index is 1.60. The number of benzene rings is 1. The molecule has 4 rings (SSSR count). The van der Waals surface area contributed by atoms with Crippen molar-refractivity contribution in [2.45, 2.75) is 0 Å². The molecular formula is C18H17N5O2. The van der Waals surface area contributed by atoms with Crippen molar-refractivity contribution in [1.82, 2.24) is 19.9 Å². The maximum atomic E-state index is 12.6. The second-order valence-corrected chi connectivity index (χ2v) is 5.70. The number of fused-ring (bicyclic) bond motifs is 1. The Kier molecular flexibility index (Phi) is 4.22. The number of hydrogen-bond acceptors (Lipinski definition) is 6. The summed E-state index contributed by atoms with van der Waals surface area (Å²) in [6.07, 6.45) is 3.15. The molecule has 3 aromatic rings. The van der Waals surface area contributed by atoms with Crippen LogP contribution in [0.25, 0.3) is 10.9 Å². The Labute approximate surface area is 144 Å². The van der Waals surface area contributed by atoms with Crippen LogP contribution in [-0.2, 0) is 4.74 Å². The SMILES string of the molecule is O=C(c1cc(Nc2cccc3cccnc23)ncn1)N1CCOCC1. The lowest BCUT2D eigenvalue weighted by atomic mass is 10.2. The topological polar surface area (TPSA) is 80.2 Å². The smallest absolute Gasteiger partial charge is 0.272 e. The highest BCUT2D eigenvalue weighted by atomic mass is 16.5. The highest BCUT2D eigenvalue weighted by Gasteiger charge is 2.20. The molecule has 0 saturated carbocycles. The summed E-state index contributed by atoms with van der Waals surface area (Å²) in [6.45, 7) is 2.28. The summed E-state index contributed by atoms with van der Waals surface area (Å²) < 4.78 is 5.28. The molecule has 0 radical (unpaired) electrons. The first-order valence-corrected chi connectivity index (χ1v) is 8.11. The highest BCUT2D eigenvalue weighted by molar-refractivity contribution is 5.94. The lowest BCUT2D eigenvalue weighted by Gasteiger charge is -2.26. The van der Waals surface area contributed by atoms with E-state index in [0.29, 0.717) is 37.8 Å². The summed E-state index contributed by atoms with van der Waals surface area (Å²) in [6, 6.07) is 11.4. The first-order valence-electron chi connectivity index (χ1n) is 8.11. The van der Waals surface area contributed by atoms with Gasteiger partial charge in [0.2, 0.25) is 0 Å². The minimum absolute atomic E-state index is 0.107. The molecule has 7 heteroatoms. The number of amides is 1. The van der Waals surface area contributed by atoms with Crippen LogP contribution in [0.5, 0.6) is 0 Å². The summed E-state index contributed by atoms with van der Waals surface area (Å²) >= 11 is 0. The van der Waals surface area contributed by atoms with Crippen LogP contribution >= 0.6 is 0 Å². The molecule has 1 fully saturated rings. The molecule has 0 unspecified atom stereocenters. The number of aromatic nitrogens is 3. The molecule has 0 spiro atoms. The van der Waals surface area contributed by atoms with E-state index in [2.05, 4.69) is 20.3 Å². The molecule has 126 valence electrons. The zero-order valence-electron chi connectivity index (χ0n) is 13.6. The lowest BCUT2D eigenvalue weighted by Crippen LogP contribution is -2.41. The van der Waals surface area contributed by atoms with E-state index in [-0.39, 0.29) is 5.91 Å². The van der Waals surface area contributed by atoms with Gasteiger partial charge in [-0.1, -0.05) is 18.2 Å². The Morgan fingerprint density at radius 2 is 1.92 bits per heavy atom. The molecular weight excluding hydrogens is 318 g/mol. The lowest BCUT2D eigenvalue weighted by molar-refractivity contribution is 0.0299. The van der Waals surface area contributed by atoms with Crippen molar-refractivity contribution in [1.29, 1.82) is 0 Å². The Hall–Kier alpha value is -3.06. The van der Waals surface area contributed by atoms with Crippen molar-refractivity contribution in [2.24, 2.45) is 0 Å². The minimum atomic E-state index is -0.107. The van der Waals surface area contributed by atoms with Crippen LogP contribution in [0, 0.1) is 0 Å². The summed E-state index contributed by atoms with van der Waals surface area (Å²) in [4.78, 5) is 27.1. The largest absolute Gasteiger partial charge is 0.378 e. The highest BCUT2D eigenvalue weighted by Crippen LogP contribution is 2.23. The fourth-order valence-corrected chi connectivity index (χ4v) is 2.81. The minimum Gasteiger partial charge on any atom is -0.378 e. The van der Waals surface area contributed by atoms with Gasteiger partial charge in [0, 0.05) is 30.7 Å². The van der Waals surface area contributed by atoms with Crippen LogP contribution in [0.2, 0.25) is 0 Å². The van der Waals surface area contributed by atoms with E-state index in [1.54, 1.807) is 17.2 Å². The predicted molar refractivity (Wildman–Crippen MR) is 93.8 cm³/mol. The van der Waals surface area contributed by atoms with Crippen molar-refractivity contribution in [3.8, 4) is 0 Å². The van der Waals surface area contributed by atoms with Crippen LogP contribution in [-0.4, -0.2) is 52.1 Å². The molecule has 1 aliphatic heterocycles. The van der Waals surface area contributed by atoms with Crippen LogP contribution < -0.4 is 5.32 Å². The zero-order valence-corrected chi connectivity index (χ0v) is 13.6. The Morgan fingerprint density at radius 1 is 1.08 bits per heavy atom. The van der Waals surface area contributed by atoms with Gasteiger partial charge in [-0.15, -0.1) is 0 Å². The average Bonchev–Trinajstić information content (AvgIpc) is 2.69. The number of anilines is 2. The van der Waals surface area contributed by atoms with Gasteiger partial charge in [-0.2, -0.15) is 0 Å². The van der Waals surface area contributed by atoms with E-state index < -0.39 is 0 Å². The van der Waals surface area contributed by atoms with Gasteiger partial charge in [0.1, 0.15) is 17.8 Å². The van der Waals surface area contributed by atoms with Gasteiger partial charge in [-0.3, -0.25) is 9.78 Å². The van der Waals surface area contributed by atoms with Crippen molar-refractivity contribution in [2.75, 3.05) is 31.6 Å². The maximum Gasteiger partial charge on any atom is 0.272 e. The fourth-order valence-electron chi connectivity index (χ4n) is 2.81. The number of para-hydroxylation sites is 1. The van der Waals surface area contributed by atoms with E-state index in [4.69, 9.17) is 4.74 Å². The van der Waals surface area contributed by atoms with Crippen LogP contribution in [0.1, 0.15) is 10.5 Å². The third-order valence-corrected chi connectivity index (χ3v) is 4.08. The monoisotopic (exact) mass is 335 g/mol. The van der Waals surface area contributed by atoms with Gasteiger partial charge in [0.15, 0.2) is 0 Å². The average molecular weight is 335 g/mol. The molecule has 1 aliphatic rings. The Morgan fingerprint density at radius 3 is 2.80 bits per heavy atom. The first kappa shape index (κ1) is 15.5. The van der Waals surface area contributed by atoms with Crippen molar-refractivity contribution in [3.63, 3.8) is 0 Å². The summed E-state index contributed by atoms with van der Waals surface area (Å²) in [5, 5.41) is 4.27. The van der Waals surface area contributed by atoms with Gasteiger partial charge >= 0.3 is 0 Å². The predicted octanol–water partition coefficient (Wildman–Crippen LogP) is 2.24. The molecule has 0 bridgehead atoms. The number of carbonyl (C=O) groups is 1. The summed E-state index contributed by atoms with van der Waals surface area (Å²) in [5.41, 5.74) is 2.05. The summed E-state index contributed by atoms with van der Waals surface area (Å²) in [7, 11) is 0. The number of pyridine rings is 1. The van der Waals surface area contributed by atoms with Gasteiger partial charge in [0.25, 0.3) is 5.91 Å². The number of carbonyl (C=O) groups excluding carboxylic acids is 1. The van der Waals surface area contributed by atoms with Crippen molar-refractivity contribution in [3.05, 3.63) is 54.6 Å². The molecule has 25 heavy (non-hydrogen) atoms. The quantitative estimate of drug-likeness (QED) is 0.791. The van der Waals surface area contributed by atoms with Gasteiger partial charge in [-0.25, -0.2) is 9.97 Å². The second kappa shape index (κ2) is 6.82. The number of nitrogens with one attached hydrogen (secondary N) is 1. The molecule has 7 nitrogen and oxygen atoms in total. The summed E-state index contributed by atoms with van der Waals surface area (Å²) in [5.74, 6) is 0.453. The van der Waals surface area contributed by atoms with Crippen LogP contribution in [0.4, 0.5) is 11.5 Å². The molecule has 1 N–H and O–H groups in total. The Bertz CT molecular complexity index is 903. The molecule has 3 heterocycles. The van der Waals surface area contributed by atoms with Crippen LogP contribution in [0.3, 0.4) is 0 Å². The van der Waals surface area contributed by atoms with Gasteiger partial charge in [-0.05, 0) is 12.1 Å². The molecule has 2 aromatic heterocycles. The van der Waals surface area contributed by atoms with E-state index in [1.165, 1.54) is 6.33 Å². The standard InChI is InChI=1S/C18H17N5O2/c24-18(23-7-9-25-10-8-23)15-11-16(21-12-20-15)22-14-5-1-3-13-4-2-6-19-17(13)14/h1-6,11-12H,7-10H2,(H,20,21,22). The first-order chi connectivity index (χ1) is 12.3. The molecule has 1 saturated heterocycles. The number of hydrogen-bond donors (Lipinski definition) is 1. The number of morpholine rings is 1. The molecule has 0 aliphatic carbocycles. The zero-order chi connectivity index (χ0) is 17.1. The molecule has 0 atom stereocenters. The fraction of sp³-hybridized carbons (Fsp3) is 0.222. The van der Waals surface area contributed by atoms with Crippen LogP contribution in [0.15, 0.2) is 48.9 Å². The molecule has 1 aromatic carbocycles. The number of rotatable bonds is 3. The van der Waals surface area contributed by atoms with E-state index >= 15 is 0 Å². The van der Waals surface area contributed by atoms with E-state index in [1.807, 2.05) is 30.3 Å². The van der Waals surface area contributed by atoms with Crippen molar-refractivity contribution < 1.29 is 9.53 Å². The maximum absolute atomic E-state index is 12.6. The van der Waals surface area contributed by atoms with E-state index in [9.17, 15) is 4.79 Å². The number of nitrogens with zero attached hydrogens (tertiary/aromatic N) is 4. The van der Waals surface area contributed by atoms with E-state index in [0.717, 1.165) is 16.6 Å². The van der Waals surface area contributed by atoms with Gasteiger partial charge < -0.3 is 15.0 Å². The third-order valence-electron chi connectivity index (χ3n) is 4.08.